The third-order valence-corrected chi connectivity index (χ3v) is 3.41. The van der Waals surface area contributed by atoms with Crippen LogP contribution in [-0.4, -0.2) is 47.1 Å². The van der Waals surface area contributed by atoms with Crippen molar-refractivity contribution in [1.29, 1.82) is 0 Å². The topological polar surface area (TPSA) is 69.6 Å². The lowest BCUT2D eigenvalue weighted by Crippen LogP contribution is -2.38. The lowest BCUT2D eigenvalue weighted by atomic mass is 10.1. The molecule has 1 aliphatic heterocycles. The van der Waals surface area contributed by atoms with Crippen molar-refractivity contribution in [3.8, 4) is 0 Å². The average molecular weight is 276 g/mol. The number of aliphatic hydroxyl groups excluding tert-OH is 1. The Morgan fingerprint density at radius 1 is 1.40 bits per heavy atom. The quantitative estimate of drug-likeness (QED) is 0.854. The predicted octanol–water partition coefficient (Wildman–Crippen LogP) is 0.788. The first-order valence-electron chi connectivity index (χ1n) is 6.88. The molecule has 2 atom stereocenters. The molecule has 1 aromatic rings. The summed E-state index contributed by atoms with van der Waals surface area (Å²) in [5, 5.41) is 12.2. The first kappa shape index (κ1) is 14.5. The molecule has 2 amide bonds. The van der Waals surface area contributed by atoms with Crippen molar-refractivity contribution in [3.63, 3.8) is 0 Å². The Labute approximate surface area is 118 Å². The number of aliphatic hydroxyl groups is 1. The van der Waals surface area contributed by atoms with E-state index in [1.54, 1.807) is 29.2 Å². The third-order valence-electron chi connectivity index (χ3n) is 3.41. The monoisotopic (exact) mass is 276 g/mol. The highest BCUT2D eigenvalue weighted by Gasteiger charge is 2.25. The van der Waals surface area contributed by atoms with Gasteiger partial charge in [-0.25, -0.2) is 0 Å². The van der Waals surface area contributed by atoms with Crippen LogP contribution >= 0.6 is 0 Å². The largest absolute Gasteiger partial charge is 0.391 e. The first-order valence-corrected chi connectivity index (χ1v) is 6.88. The maximum Gasteiger partial charge on any atom is 0.251 e. The second-order valence-corrected chi connectivity index (χ2v) is 5.23. The molecular formula is C15H20N2O3. The SMILES string of the molecule is CC(CC(=O)N1CC[C@H](O)C1)NC(=O)c1ccccc1. The van der Waals surface area contributed by atoms with Gasteiger partial charge in [0.2, 0.25) is 5.91 Å². The summed E-state index contributed by atoms with van der Waals surface area (Å²) >= 11 is 0. The van der Waals surface area contributed by atoms with Gasteiger partial charge < -0.3 is 15.3 Å². The Balaban J connectivity index is 1.82. The Morgan fingerprint density at radius 3 is 2.70 bits per heavy atom. The van der Waals surface area contributed by atoms with E-state index in [1.165, 1.54) is 0 Å². The molecule has 1 unspecified atom stereocenters. The number of likely N-dealkylation sites (tertiary alicyclic amines) is 1. The van der Waals surface area contributed by atoms with Crippen LogP contribution in [0, 0.1) is 0 Å². The summed E-state index contributed by atoms with van der Waals surface area (Å²) < 4.78 is 0. The minimum Gasteiger partial charge on any atom is -0.391 e. The van der Waals surface area contributed by atoms with Gasteiger partial charge in [0.05, 0.1) is 6.10 Å². The van der Waals surface area contributed by atoms with E-state index in [4.69, 9.17) is 0 Å². The summed E-state index contributed by atoms with van der Waals surface area (Å²) in [6, 6.07) is 8.70. The number of benzene rings is 1. The van der Waals surface area contributed by atoms with E-state index in [0.717, 1.165) is 0 Å². The molecule has 0 aliphatic carbocycles. The molecule has 108 valence electrons. The summed E-state index contributed by atoms with van der Waals surface area (Å²) in [7, 11) is 0. The standard InChI is InChI=1S/C15H20N2O3/c1-11(9-14(19)17-8-7-13(18)10-17)16-15(20)12-5-3-2-4-6-12/h2-6,11,13,18H,7-10H2,1H3,(H,16,20)/t11?,13-/m0/s1. The van der Waals surface area contributed by atoms with Crippen LogP contribution < -0.4 is 5.32 Å². The van der Waals surface area contributed by atoms with Crippen molar-refractivity contribution < 1.29 is 14.7 Å². The summed E-state index contributed by atoms with van der Waals surface area (Å²) in [6.45, 7) is 2.81. The second kappa shape index (κ2) is 6.52. The van der Waals surface area contributed by atoms with Crippen LogP contribution in [-0.2, 0) is 4.79 Å². The molecule has 1 fully saturated rings. The van der Waals surface area contributed by atoms with Gasteiger partial charge in [0.15, 0.2) is 0 Å². The number of nitrogens with zero attached hydrogens (tertiary/aromatic N) is 1. The van der Waals surface area contributed by atoms with Gasteiger partial charge in [0, 0.05) is 31.1 Å². The number of amides is 2. The fraction of sp³-hybridized carbons (Fsp3) is 0.467. The molecule has 2 rings (SSSR count). The van der Waals surface area contributed by atoms with Crippen LogP contribution in [0.4, 0.5) is 0 Å². The Morgan fingerprint density at radius 2 is 2.10 bits per heavy atom. The highest BCUT2D eigenvalue weighted by Crippen LogP contribution is 2.11. The van der Waals surface area contributed by atoms with Gasteiger partial charge in [0.1, 0.15) is 0 Å². The van der Waals surface area contributed by atoms with E-state index in [-0.39, 0.29) is 24.3 Å². The zero-order valence-corrected chi connectivity index (χ0v) is 11.6. The molecule has 1 aromatic carbocycles. The van der Waals surface area contributed by atoms with Crippen molar-refractivity contribution in [2.24, 2.45) is 0 Å². The van der Waals surface area contributed by atoms with Gasteiger partial charge in [-0.05, 0) is 25.5 Å². The number of hydrogen-bond acceptors (Lipinski definition) is 3. The summed E-state index contributed by atoms with van der Waals surface area (Å²) in [5.74, 6) is -0.199. The summed E-state index contributed by atoms with van der Waals surface area (Å²) in [4.78, 5) is 25.6. The smallest absolute Gasteiger partial charge is 0.251 e. The minimum absolute atomic E-state index is 0.0255. The molecule has 5 heteroatoms. The van der Waals surface area contributed by atoms with Crippen LogP contribution in [0.15, 0.2) is 30.3 Å². The van der Waals surface area contributed by atoms with Crippen LogP contribution in [0.25, 0.3) is 0 Å². The van der Waals surface area contributed by atoms with Gasteiger partial charge in [-0.3, -0.25) is 9.59 Å². The number of β-amino-alcohol motifs (C(OH)–C–C–N with tert-alkyl or cyclic N) is 1. The lowest BCUT2D eigenvalue weighted by molar-refractivity contribution is -0.130. The molecule has 1 aliphatic rings. The number of rotatable bonds is 4. The third kappa shape index (κ3) is 3.81. The number of carbonyl (C=O) groups is 2. The summed E-state index contributed by atoms with van der Waals surface area (Å²) in [5.41, 5.74) is 0.586. The first-order chi connectivity index (χ1) is 9.56. The van der Waals surface area contributed by atoms with Crippen molar-refractivity contribution >= 4 is 11.8 Å². The van der Waals surface area contributed by atoms with Crippen LogP contribution in [0.5, 0.6) is 0 Å². The van der Waals surface area contributed by atoms with Crippen molar-refractivity contribution in [1.82, 2.24) is 10.2 Å². The van der Waals surface area contributed by atoms with Crippen molar-refractivity contribution in [2.75, 3.05) is 13.1 Å². The van der Waals surface area contributed by atoms with E-state index in [2.05, 4.69) is 5.32 Å². The van der Waals surface area contributed by atoms with Crippen molar-refractivity contribution in [2.45, 2.75) is 31.9 Å². The Hall–Kier alpha value is -1.88. The normalized spacial score (nSPS) is 19.7. The second-order valence-electron chi connectivity index (χ2n) is 5.23. The number of hydrogen-bond donors (Lipinski definition) is 2. The zero-order chi connectivity index (χ0) is 14.5. The molecule has 0 bridgehead atoms. The molecular weight excluding hydrogens is 256 g/mol. The minimum atomic E-state index is -0.409. The molecule has 1 saturated heterocycles. The van der Waals surface area contributed by atoms with E-state index < -0.39 is 6.10 Å². The van der Waals surface area contributed by atoms with E-state index in [0.29, 0.717) is 25.1 Å². The molecule has 0 spiro atoms. The van der Waals surface area contributed by atoms with E-state index in [1.807, 2.05) is 13.0 Å². The molecule has 5 nitrogen and oxygen atoms in total. The number of nitrogens with one attached hydrogen (secondary N) is 1. The molecule has 20 heavy (non-hydrogen) atoms. The Kier molecular flexibility index (Phi) is 4.74. The molecule has 0 aromatic heterocycles. The zero-order valence-electron chi connectivity index (χ0n) is 11.6. The van der Waals surface area contributed by atoms with Crippen molar-refractivity contribution in [3.05, 3.63) is 35.9 Å². The lowest BCUT2D eigenvalue weighted by Gasteiger charge is -2.19. The Bertz CT molecular complexity index is 475. The van der Waals surface area contributed by atoms with Gasteiger partial charge in [-0.15, -0.1) is 0 Å². The predicted molar refractivity (Wildman–Crippen MR) is 75.2 cm³/mol. The molecule has 1 heterocycles. The summed E-state index contributed by atoms with van der Waals surface area (Å²) in [6.07, 6.45) is 0.482. The highest BCUT2D eigenvalue weighted by atomic mass is 16.3. The molecule has 2 N–H and O–H groups in total. The van der Waals surface area contributed by atoms with E-state index in [9.17, 15) is 14.7 Å². The van der Waals surface area contributed by atoms with Gasteiger partial charge in [0.25, 0.3) is 5.91 Å². The maximum atomic E-state index is 12.0. The fourth-order valence-electron chi connectivity index (χ4n) is 2.31. The maximum absolute atomic E-state index is 12.0. The van der Waals surface area contributed by atoms with Gasteiger partial charge >= 0.3 is 0 Å². The average Bonchev–Trinajstić information content (AvgIpc) is 2.86. The van der Waals surface area contributed by atoms with Gasteiger partial charge in [-0.1, -0.05) is 18.2 Å². The fourth-order valence-corrected chi connectivity index (χ4v) is 2.31. The van der Waals surface area contributed by atoms with Gasteiger partial charge in [-0.2, -0.15) is 0 Å². The molecule has 0 saturated carbocycles. The number of carbonyl (C=O) groups excluding carboxylic acids is 2. The van der Waals surface area contributed by atoms with Crippen LogP contribution in [0.3, 0.4) is 0 Å². The highest BCUT2D eigenvalue weighted by molar-refractivity contribution is 5.94. The van der Waals surface area contributed by atoms with E-state index >= 15 is 0 Å². The molecule has 0 radical (unpaired) electrons. The van der Waals surface area contributed by atoms with Crippen LogP contribution in [0.1, 0.15) is 30.1 Å². The van der Waals surface area contributed by atoms with Crippen LogP contribution in [0.2, 0.25) is 0 Å².